The largest absolute Gasteiger partial charge is 0.416 e. The number of para-hydroxylation sites is 1. The van der Waals surface area contributed by atoms with E-state index < -0.39 is 28.9 Å². The number of hydrogen-bond donors (Lipinski definition) is 2. The van der Waals surface area contributed by atoms with Gasteiger partial charge in [0.2, 0.25) is 5.91 Å². The Kier molecular flexibility index (Phi) is 6.12. The Hall–Kier alpha value is -3.24. The zero-order valence-corrected chi connectivity index (χ0v) is 20.2. The second kappa shape index (κ2) is 9.01. The van der Waals surface area contributed by atoms with Gasteiger partial charge in [-0.25, -0.2) is 0 Å². The molecule has 0 aliphatic carbocycles. The first kappa shape index (κ1) is 24.5. The summed E-state index contributed by atoms with van der Waals surface area (Å²) in [4.78, 5) is 29.5. The van der Waals surface area contributed by atoms with Crippen LogP contribution in [0.2, 0.25) is 5.02 Å². The molecule has 5 rings (SSSR count). The number of nitrogens with one attached hydrogen (secondary N) is 2. The maximum atomic E-state index is 13.2. The monoisotopic (exact) mass is 519 g/mol. The lowest BCUT2D eigenvalue weighted by molar-refractivity contribution is -0.137. The van der Waals surface area contributed by atoms with Crippen LogP contribution < -0.4 is 15.8 Å². The van der Waals surface area contributed by atoms with Gasteiger partial charge in [-0.15, -0.1) is 0 Å². The molecule has 0 bridgehead atoms. The Balaban J connectivity index is 1.49. The molecule has 1 spiro atoms. The Morgan fingerprint density at radius 3 is 2.19 bits per heavy atom. The van der Waals surface area contributed by atoms with Crippen molar-refractivity contribution in [3.8, 4) is 0 Å². The molecule has 2 aromatic carbocycles. The molecule has 2 N–H and O–H groups in total. The molecule has 1 unspecified atom stereocenters. The molecule has 3 aromatic rings. The minimum absolute atomic E-state index is 0.00722. The van der Waals surface area contributed by atoms with Crippen LogP contribution in [0.15, 0.2) is 59.4 Å². The molecule has 2 aliphatic rings. The van der Waals surface area contributed by atoms with Crippen molar-refractivity contribution in [2.75, 3.05) is 24.7 Å². The Morgan fingerprint density at radius 1 is 1.00 bits per heavy atom. The SMILES string of the molecule is Cn1[nH]c(=O)c(Cl)c1C(c1ccc(C(F)(F)F)cc1)N1CCC2(CC1)C(=O)NCN2c1ccccc1. The smallest absolute Gasteiger partial charge is 0.339 e. The number of nitrogens with zero attached hydrogens (tertiary/aromatic N) is 3. The number of halogens is 4. The van der Waals surface area contributed by atoms with E-state index in [1.54, 1.807) is 7.05 Å². The Labute approximate surface area is 210 Å². The van der Waals surface area contributed by atoms with Crippen LogP contribution in [0.4, 0.5) is 18.9 Å². The highest BCUT2D eigenvalue weighted by Gasteiger charge is 2.51. The fourth-order valence-electron chi connectivity index (χ4n) is 5.41. The van der Waals surface area contributed by atoms with Crippen LogP contribution >= 0.6 is 11.6 Å². The summed E-state index contributed by atoms with van der Waals surface area (Å²) in [5, 5.41) is 5.60. The van der Waals surface area contributed by atoms with Crippen molar-refractivity contribution in [3.63, 3.8) is 0 Å². The number of carbonyl (C=O) groups excluding carboxylic acids is 1. The van der Waals surface area contributed by atoms with Crippen molar-refractivity contribution >= 4 is 23.2 Å². The van der Waals surface area contributed by atoms with Crippen LogP contribution in [0.5, 0.6) is 0 Å². The van der Waals surface area contributed by atoms with Gasteiger partial charge in [-0.2, -0.15) is 13.2 Å². The number of aromatic amines is 1. The second-order valence-corrected chi connectivity index (χ2v) is 9.59. The minimum Gasteiger partial charge on any atom is -0.339 e. The number of rotatable bonds is 4. The van der Waals surface area contributed by atoms with Crippen LogP contribution in [0, 0.1) is 0 Å². The average molecular weight is 520 g/mol. The predicted octanol–water partition coefficient (Wildman–Crippen LogP) is 3.90. The third-order valence-electron chi connectivity index (χ3n) is 7.26. The maximum absolute atomic E-state index is 13.2. The summed E-state index contributed by atoms with van der Waals surface area (Å²) < 4.78 is 41.1. The molecule has 11 heteroatoms. The molecule has 190 valence electrons. The predicted molar refractivity (Wildman–Crippen MR) is 130 cm³/mol. The van der Waals surface area contributed by atoms with Gasteiger partial charge in [-0.05, 0) is 42.7 Å². The van der Waals surface area contributed by atoms with Gasteiger partial charge in [0, 0.05) is 25.8 Å². The fraction of sp³-hybridized carbons (Fsp3) is 0.360. The number of amides is 1. The molecule has 1 amide bonds. The van der Waals surface area contributed by atoms with Gasteiger partial charge < -0.3 is 10.2 Å². The topological polar surface area (TPSA) is 73.4 Å². The highest BCUT2D eigenvalue weighted by Crippen LogP contribution is 2.41. The van der Waals surface area contributed by atoms with Crippen molar-refractivity contribution in [1.82, 2.24) is 20.0 Å². The molecule has 36 heavy (non-hydrogen) atoms. The number of aryl methyl sites for hydroxylation is 1. The summed E-state index contributed by atoms with van der Waals surface area (Å²) >= 11 is 6.39. The summed E-state index contributed by atoms with van der Waals surface area (Å²) in [7, 11) is 1.65. The van der Waals surface area contributed by atoms with Crippen molar-refractivity contribution in [2.24, 2.45) is 7.05 Å². The quantitative estimate of drug-likeness (QED) is 0.548. The first-order valence-electron chi connectivity index (χ1n) is 11.6. The maximum Gasteiger partial charge on any atom is 0.416 e. The summed E-state index contributed by atoms with van der Waals surface area (Å²) in [6.07, 6.45) is -3.46. The van der Waals surface area contributed by atoms with Gasteiger partial charge in [0.1, 0.15) is 10.6 Å². The number of hydrogen-bond acceptors (Lipinski definition) is 4. The molecule has 0 saturated carbocycles. The normalized spacial score (nSPS) is 19.0. The molecule has 7 nitrogen and oxygen atoms in total. The molecule has 1 aromatic heterocycles. The molecule has 0 radical (unpaired) electrons. The number of H-pyrrole nitrogens is 1. The number of piperidine rings is 1. The van der Waals surface area contributed by atoms with E-state index in [9.17, 15) is 22.8 Å². The molecular formula is C25H25ClF3N5O2. The van der Waals surface area contributed by atoms with E-state index in [0.29, 0.717) is 43.9 Å². The summed E-state index contributed by atoms with van der Waals surface area (Å²) in [6, 6.07) is 14.0. The highest BCUT2D eigenvalue weighted by molar-refractivity contribution is 6.31. The average Bonchev–Trinajstić information content (AvgIpc) is 3.30. The lowest BCUT2D eigenvalue weighted by Crippen LogP contribution is -2.57. The fourth-order valence-corrected chi connectivity index (χ4v) is 5.68. The van der Waals surface area contributed by atoms with Gasteiger partial charge >= 0.3 is 6.18 Å². The summed E-state index contributed by atoms with van der Waals surface area (Å²) in [5.74, 6) is -0.0378. The van der Waals surface area contributed by atoms with E-state index in [-0.39, 0.29) is 10.9 Å². The third-order valence-corrected chi connectivity index (χ3v) is 7.63. The Morgan fingerprint density at radius 2 is 1.64 bits per heavy atom. The van der Waals surface area contributed by atoms with E-state index >= 15 is 0 Å². The standard InChI is InChI=1S/C25H25ClF3N5O2/c1-32-21(19(26)22(35)31-32)20(16-7-9-17(10-8-16)25(27,28)29)33-13-11-24(12-14-33)23(36)30-15-34(24)18-5-3-2-4-6-18/h2-10,20H,11-15H2,1H3,(H,30,36)(H,31,35). The zero-order chi connectivity index (χ0) is 25.7. The van der Waals surface area contributed by atoms with Gasteiger partial charge in [0.15, 0.2) is 0 Å². The molecule has 2 saturated heterocycles. The Bertz CT molecular complexity index is 1310. The van der Waals surface area contributed by atoms with Crippen LogP contribution in [0.3, 0.4) is 0 Å². The van der Waals surface area contributed by atoms with Crippen molar-refractivity contribution in [2.45, 2.75) is 30.6 Å². The van der Waals surface area contributed by atoms with Crippen molar-refractivity contribution in [1.29, 1.82) is 0 Å². The summed E-state index contributed by atoms with van der Waals surface area (Å²) in [5.41, 5.74) is 0.0398. The number of carbonyl (C=O) groups is 1. The number of alkyl halides is 3. The van der Waals surface area contributed by atoms with Gasteiger partial charge in [0.05, 0.1) is 24.0 Å². The van der Waals surface area contributed by atoms with E-state index in [2.05, 4.69) is 20.2 Å². The van der Waals surface area contributed by atoms with E-state index in [1.807, 2.05) is 30.3 Å². The molecule has 3 heterocycles. The van der Waals surface area contributed by atoms with Gasteiger partial charge in [-0.3, -0.25) is 24.3 Å². The first-order valence-corrected chi connectivity index (χ1v) is 12.0. The number of benzene rings is 2. The van der Waals surface area contributed by atoms with Crippen LogP contribution in [-0.4, -0.2) is 45.9 Å². The van der Waals surface area contributed by atoms with Crippen molar-refractivity contribution in [3.05, 3.63) is 86.8 Å². The molecular weight excluding hydrogens is 495 g/mol. The molecule has 2 fully saturated rings. The highest BCUT2D eigenvalue weighted by atomic mass is 35.5. The van der Waals surface area contributed by atoms with Crippen LogP contribution in [-0.2, 0) is 18.0 Å². The number of aromatic nitrogens is 2. The molecule has 2 aliphatic heterocycles. The van der Waals surface area contributed by atoms with Gasteiger partial charge in [-0.1, -0.05) is 41.9 Å². The van der Waals surface area contributed by atoms with Gasteiger partial charge in [0.25, 0.3) is 5.56 Å². The third kappa shape index (κ3) is 4.08. The van der Waals surface area contributed by atoms with Crippen LogP contribution in [0.25, 0.3) is 0 Å². The van der Waals surface area contributed by atoms with Crippen molar-refractivity contribution < 1.29 is 18.0 Å². The first-order chi connectivity index (χ1) is 17.1. The zero-order valence-electron chi connectivity index (χ0n) is 19.5. The lowest BCUT2D eigenvalue weighted by Gasteiger charge is -2.45. The van der Waals surface area contributed by atoms with E-state index in [4.69, 9.17) is 11.6 Å². The molecule has 1 atom stereocenters. The van der Waals surface area contributed by atoms with E-state index in [1.165, 1.54) is 16.8 Å². The second-order valence-electron chi connectivity index (χ2n) is 9.22. The lowest BCUT2D eigenvalue weighted by atomic mass is 9.84. The minimum atomic E-state index is -4.46. The number of anilines is 1. The van der Waals surface area contributed by atoms with Crippen LogP contribution in [0.1, 0.15) is 35.7 Å². The summed E-state index contributed by atoms with van der Waals surface area (Å²) in [6.45, 7) is 1.35. The van der Waals surface area contributed by atoms with E-state index in [0.717, 1.165) is 17.8 Å². The number of likely N-dealkylation sites (tertiary alicyclic amines) is 1.